The zero-order chi connectivity index (χ0) is 28.7. The number of rotatable bonds is 9. The zero-order valence-corrected chi connectivity index (χ0v) is 23.7. The van der Waals surface area contributed by atoms with Crippen LogP contribution in [0, 0.1) is 11.3 Å². The van der Waals surface area contributed by atoms with Crippen LogP contribution >= 0.6 is 0 Å². The van der Waals surface area contributed by atoms with Crippen LogP contribution in [0.5, 0.6) is 5.75 Å². The molecule has 1 aromatic heterocycles. The Labute approximate surface area is 235 Å². The van der Waals surface area contributed by atoms with Crippen molar-refractivity contribution >= 4 is 28.7 Å². The van der Waals surface area contributed by atoms with Gasteiger partial charge in [-0.3, -0.25) is 19.5 Å². The Morgan fingerprint density at radius 1 is 1.07 bits per heavy atom. The number of hydrogen-bond acceptors (Lipinski definition) is 8. The molecular weight excluding hydrogens is 510 g/mol. The summed E-state index contributed by atoms with van der Waals surface area (Å²) in [6.45, 7) is 10.5. The fraction of sp³-hybridized carbons (Fsp3) is 0.567. The van der Waals surface area contributed by atoms with Crippen LogP contribution < -0.4 is 4.74 Å². The number of Topliss-reactive ketones (excluding diaryl/α,β-unsaturated/α-hetero) is 1. The molecule has 40 heavy (non-hydrogen) atoms. The summed E-state index contributed by atoms with van der Waals surface area (Å²) in [6.07, 6.45) is 3.85. The van der Waals surface area contributed by atoms with E-state index in [9.17, 15) is 19.6 Å². The maximum atomic E-state index is 13.1. The number of nitrogens with zero attached hydrogens (tertiary/aromatic N) is 5. The largest absolute Gasteiger partial charge is 0.494 e. The lowest BCUT2D eigenvalue weighted by Crippen LogP contribution is -2.50. The molecule has 1 aromatic carbocycles. The highest BCUT2D eigenvalue weighted by molar-refractivity contribution is 6.08. The number of fused-ring (bicyclic) bond motifs is 1. The molecule has 4 rings (SSSR count). The van der Waals surface area contributed by atoms with Crippen molar-refractivity contribution in [3.63, 3.8) is 0 Å². The number of amides is 2. The molecule has 2 fully saturated rings. The Hall–Kier alpha value is -3.71. The van der Waals surface area contributed by atoms with Gasteiger partial charge in [0.1, 0.15) is 17.4 Å². The van der Waals surface area contributed by atoms with Crippen LogP contribution in [0.25, 0.3) is 10.9 Å². The Morgan fingerprint density at radius 2 is 1.85 bits per heavy atom. The molecule has 2 aliphatic rings. The van der Waals surface area contributed by atoms with Crippen LogP contribution in [0.3, 0.4) is 0 Å². The lowest BCUT2D eigenvalue weighted by molar-refractivity contribution is -0.131. The number of piperazine rings is 1. The van der Waals surface area contributed by atoms with Gasteiger partial charge in [-0.25, -0.2) is 4.79 Å². The Bertz CT molecular complexity index is 1260. The smallest absolute Gasteiger partial charge is 0.410 e. The molecule has 0 bridgehead atoms. The predicted octanol–water partition coefficient (Wildman–Crippen LogP) is 4.03. The van der Waals surface area contributed by atoms with Crippen molar-refractivity contribution in [2.24, 2.45) is 0 Å². The summed E-state index contributed by atoms with van der Waals surface area (Å²) < 4.78 is 11.5. The number of carbonyl (C=O) groups is 3. The van der Waals surface area contributed by atoms with Crippen LogP contribution in [0.4, 0.5) is 4.79 Å². The van der Waals surface area contributed by atoms with E-state index in [1.54, 1.807) is 22.1 Å². The fourth-order valence-corrected chi connectivity index (χ4v) is 5.12. The van der Waals surface area contributed by atoms with Gasteiger partial charge in [0, 0.05) is 69.3 Å². The second kappa shape index (κ2) is 13.1. The van der Waals surface area contributed by atoms with Gasteiger partial charge in [-0.2, -0.15) is 5.26 Å². The highest BCUT2D eigenvalue weighted by atomic mass is 16.6. The minimum Gasteiger partial charge on any atom is -0.494 e. The van der Waals surface area contributed by atoms with E-state index < -0.39 is 5.60 Å². The molecule has 3 heterocycles. The van der Waals surface area contributed by atoms with Crippen LogP contribution in [-0.2, 0) is 9.53 Å². The minimum atomic E-state index is -0.493. The van der Waals surface area contributed by atoms with Crippen molar-refractivity contribution in [1.82, 2.24) is 19.7 Å². The maximum Gasteiger partial charge on any atom is 0.410 e. The van der Waals surface area contributed by atoms with E-state index in [1.807, 2.05) is 39.0 Å². The van der Waals surface area contributed by atoms with Crippen molar-refractivity contribution in [3.8, 4) is 11.8 Å². The molecule has 0 radical (unpaired) electrons. The third-order valence-electron chi connectivity index (χ3n) is 7.21. The van der Waals surface area contributed by atoms with Gasteiger partial charge in [0.05, 0.1) is 18.2 Å². The summed E-state index contributed by atoms with van der Waals surface area (Å²) in [7, 11) is 0. The van der Waals surface area contributed by atoms with Crippen LogP contribution in [0.1, 0.15) is 63.2 Å². The van der Waals surface area contributed by atoms with Gasteiger partial charge in [-0.1, -0.05) is 0 Å². The lowest BCUT2D eigenvalue weighted by Gasteiger charge is -2.35. The number of carbonyl (C=O) groups excluding carboxylic acids is 3. The summed E-state index contributed by atoms with van der Waals surface area (Å²) in [5, 5.41) is 9.94. The van der Waals surface area contributed by atoms with Gasteiger partial charge in [0.15, 0.2) is 5.78 Å². The maximum absolute atomic E-state index is 13.1. The fourth-order valence-electron chi connectivity index (χ4n) is 5.12. The molecule has 0 saturated carbocycles. The van der Waals surface area contributed by atoms with Crippen LogP contribution in [0.15, 0.2) is 30.5 Å². The molecule has 2 saturated heterocycles. The summed E-state index contributed by atoms with van der Waals surface area (Å²) in [6, 6.07) is 9.00. The normalized spacial score (nSPS) is 18.0. The van der Waals surface area contributed by atoms with Gasteiger partial charge >= 0.3 is 6.09 Å². The monoisotopic (exact) mass is 549 g/mol. The SMILES string of the molecule is CC(C)(C)OC(=O)N1CCN(CCCOc2ccc3nccc(C(=O)CCC(=O)N4CCC[C@H]4C#N)c3c2)CC1. The quantitative estimate of drug-likeness (QED) is 0.340. The molecule has 2 aliphatic heterocycles. The van der Waals surface area contributed by atoms with Crippen molar-refractivity contribution in [1.29, 1.82) is 5.26 Å². The molecule has 0 unspecified atom stereocenters. The van der Waals surface area contributed by atoms with Crippen molar-refractivity contribution in [3.05, 3.63) is 36.0 Å². The molecule has 214 valence electrons. The molecule has 0 spiro atoms. The highest BCUT2D eigenvalue weighted by Crippen LogP contribution is 2.25. The molecule has 10 heteroatoms. The third-order valence-corrected chi connectivity index (χ3v) is 7.21. The van der Waals surface area contributed by atoms with Crippen molar-refractivity contribution in [2.45, 2.75) is 64.5 Å². The first-order valence-corrected chi connectivity index (χ1v) is 14.1. The van der Waals surface area contributed by atoms with Crippen LogP contribution in [-0.4, -0.2) is 95.0 Å². The van der Waals surface area contributed by atoms with Gasteiger partial charge in [0.25, 0.3) is 0 Å². The summed E-state index contributed by atoms with van der Waals surface area (Å²) in [5.74, 6) is 0.386. The number of benzene rings is 1. The summed E-state index contributed by atoms with van der Waals surface area (Å²) in [4.78, 5) is 47.9. The van der Waals surface area contributed by atoms with E-state index in [1.165, 1.54) is 0 Å². The number of ketones is 1. The Kier molecular flexibility index (Phi) is 9.58. The summed E-state index contributed by atoms with van der Waals surface area (Å²) in [5.41, 5.74) is 0.717. The van der Waals surface area contributed by atoms with Crippen molar-refractivity contribution < 1.29 is 23.9 Å². The number of aromatic nitrogens is 1. The number of pyridine rings is 1. The average Bonchev–Trinajstić information content (AvgIpc) is 3.42. The highest BCUT2D eigenvalue weighted by Gasteiger charge is 2.29. The standard InChI is InChI=1S/C30H39N5O5/c1-30(2,3)40-29(38)34-17-15-33(16-18-34)13-5-19-39-23-7-8-26-25(20-23)24(11-12-32-26)27(36)9-10-28(37)35-14-4-6-22(35)21-31/h7-8,11-12,20,22H,4-6,9-10,13-19H2,1-3H3/t22-/m0/s1. The van der Waals surface area contributed by atoms with E-state index in [0.717, 1.165) is 32.5 Å². The van der Waals surface area contributed by atoms with Gasteiger partial charge < -0.3 is 19.3 Å². The molecule has 0 aliphatic carbocycles. The first kappa shape index (κ1) is 29.3. The minimum absolute atomic E-state index is 0.0822. The van der Waals surface area contributed by atoms with E-state index in [0.29, 0.717) is 54.9 Å². The number of nitriles is 1. The summed E-state index contributed by atoms with van der Waals surface area (Å²) >= 11 is 0. The van der Waals surface area contributed by atoms with E-state index in [2.05, 4.69) is 16.0 Å². The molecular formula is C30H39N5O5. The third kappa shape index (κ3) is 7.69. The number of ether oxygens (including phenoxy) is 2. The van der Waals surface area contributed by atoms with Gasteiger partial charge in [0.2, 0.25) is 5.91 Å². The second-order valence-electron chi connectivity index (χ2n) is 11.3. The first-order chi connectivity index (χ1) is 19.1. The average molecular weight is 550 g/mol. The van der Waals surface area contributed by atoms with Crippen LogP contribution in [0.2, 0.25) is 0 Å². The molecule has 10 nitrogen and oxygen atoms in total. The molecule has 2 amide bonds. The van der Waals surface area contributed by atoms with Gasteiger partial charge in [-0.15, -0.1) is 0 Å². The van der Waals surface area contributed by atoms with E-state index in [-0.39, 0.29) is 36.7 Å². The zero-order valence-electron chi connectivity index (χ0n) is 23.7. The molecule has 0 N–H and O–H groups in total. The topological polar surface area (TPSA) is 116 Å². The predicted molar refractivity (Wildman–Crippen MR) is 150 cm³/mol. The first-order valence-electron chi connectivity index (χ1n) is 14.1. The molecule has 2 aromatic rings. The van der Waals surface area contributed by atoms with E-state index in [4.69, 9.17) is 9.47 Å². The van der Waals surface area contributed by atoms with Crippen molar-refractivity contribution in [2.75, 3.05) is 45.9 Å². The number of likely N-dealkylation sites (tertiary alicyclic amines) is 1. The second-order valence-corrected chi connectivity index (χ2v) is 11.3. The lowest BCUT2D eigenvalue weighted by atomic mass is 10.0. The molecule has 1 atom stereocenters. The van der Waals surface area contributed by atoms with E-state index >= 15 is 0 Å². The Morgan fingerprint density at radius 3 is 2.58 bits per heavy atom. The Balaban J connectivity index is 1.25. The number of hydrogen-bond donors (Lipinski definition) is 0. The van der Waals surface area contributed by atoms with Gasteiger partial charge in [-0.05, 0) is 64.3 Å².